The van der Waals surface area contributed by atoms with Crippen molar-refractivity contribution in [2.45, 2.75) is 0 Å². The predicted molar refractivity (Wildman–Crippen MR) is 99.1 cm³/mol. The zero-order valence-corrected chi connectivity index (χ0v) is 15.4. The van der Waals surface area contributed by atoms with Gasteiger partial charge >= 0.3 is 5.97 Å². The molecular formula is C18H14Cl2N2O4. The second-order valence-electron chi connectivity index (χ2n) is 5.30. The lowest BCUT2D eigenvalue weighted by atomic mass is 10.1. The van der Waals surface area contributed by atoms with Gasteiger partial charge in [-0.1, -0.05) is 23.2 Å². The van der Waals surface area contributed by atoms with Gasteiger partial charge in [-0.15, -0.1) is 0 Å². The fraction of sp³-hybridized carbons (Fsp3) is 0.111. The van der Waals surface area contributed by atoms with Gasteiger partial charge in [0.05, 0.1) is 35.6 Å². The quantitative estimate of drug-likeness (QED) is 0.688. The third kappa shape index (κ3) is 3.34. The Balaban J connectivity index is 2.16. The van der Waals surface area contributed by atoms with Crippen LogP contribution in [-0.4, -0.2) is 35.1 Å². The molecule has 1 N–H and O–H groups in total. The highest BCUT2D eigenvalue weighted by Gasteiger charge is 2.19. The Bertz CT molecular complexity index is 985. The number of aromatic nitrogens is 2. The molecule has 0 radical (unpaired) electrons. The summed E-state index contributed by atoms with van der Waals surface area (Å²) >= 11 is 12.0. The normalized spacial score (nSPS) is 10.6. The lowest BCUT2D eigenvalue weighted by Gasteiger charge is -2.08. The largest absolute Gasteiger partial charge is 0.497 e. The first kappa shape index (κ1) is 18.1. The highest BCUT2D eigenvalue weighted by atomic mass is 35.5. The Kier molecular flexibility index (Phi) is 5.06. The van der Waals surface area contributed by atoms with E-state index in [4.69, 9.17) is 32.7 Å². The lowest BCUT2D eigenvalue weighted by molar-refractivity contribution is 0.0687. The Hall–Kier alpha value is -2.70. The summed E-state index contributed by atoms with van der Waals surface area (Å²) in [5, 5.41) is 14.6. The van der Waals surface area contributed by atoms with E-state index in [0.717, 1.165) is 0 Å². The average molecular weight is 393 g/mol. The third-order valence-electron chi connectivity index (χ3n) is 3.76. The maximum atomic E-state index is 11.7. The molecule has 26 heavy (non-hydrogen) atoms. The zero-order chi connectivity index (χ0) is 18.8. The summed E-state index contributed by atoms with van der Waals surface area (Å²) < 4.78 is 11.9. The number of hydrogen-bond donors (Lipinski definition) is 1. The number of aromatic carboxylic acids is 1. The number of ether oxygens (including phenoxy) is 2. The van der Waals surface area contributed by atoms with E-state index in [1.807, 2.05) is 0 Å². The van der Waals surface area contributed by atoms with Gasteiger partial charge in [0.2, 0.25) is 0 Å². The van der Waals surface area contributed by atoms with Crippen LogP contribution in [-0.2, 0) is 0 Å². The molecule has 0 unspecified atom stereocenters. The Labute approximate surface area is 159 Å². The van der Waals surface area contributed by atoms with E-state index in [2.05, 4.69) is 5.10 Å². The summed E-state index contributed by atoms with van der Waals surface area (Å²) in [4.78, 5) is 11.7. The fourth-order valence-electron chi connectivity index (χ4n) is 2.49. The van der Waals surface area contributed by atoms with Crippen LogP contribution < -0.4 is 9.47 Å². The number of nitrogens with zero attached hydrogens (tertiary/aromatic N) is 2. The van der Waals surface area contributed by atoms with Crippen LogP contribution in [0.2, 0.25) is 10.0 Å². The predicted octanol–water partition coefficient (Wildman–Crippen LogP) is 4.56. The van der Waals surface area contributed by atoms with E-state index < -0.39 is 5.97 Å². The molecule has 134 valence electrons. The number of carboxylic acids is 1. The number of carboxylic acid groups (broad SMARTS) is 1. The molecule has 6 nitrogen and oxygen atoms in total. The first-order chi connectivity index (χ1) is 12.4. The summed E-state index contributed by atoms with van der Waals surface area (Å²) in [5.74, 6) is 0.00959. The molecule has 1 aromatic heterocycles. The van der Waals surface area contributed by atoms with Crippen LogP contribution in [0.25, 0.3) is 16.9 Å². The first-order valence-corrected chi connectivity index (χ1v) is 8.21. The summed E-state index contributed by atoms with van der Waals surface area (Å²) in [6.45, 7) is 0. The third-order valence-corrected chi connectivity index (χ3v) is 4.50. The van der Waals surface area contributed by atoms with Gasteiger partial charge < -0.3 is 14.6 Å². The topological polar surface area (TPSA) is 73.6 Å². The van der Waals surface area contributed by atoms with Crippen LogP contribution in [0.1, 0.15) is 10.5 Å². The molecule has 2 aromatic carbocycles. The van der Waals surface area contributed by atoms with Crippen molar-refractivity contribution >= 4 is 29.2 Å². The molecule has 3 rings (SSSR count). The molecular weight excluding hydrogens is 379 g/mol. The van der Waals surface area contributed by atoms with Crippen LogP contribution in [0.3, 0.4) is 0 Å². The number of halogens is 2. The number of rotatable bonds is 5. The summed E-state index contributed by atoms with van der Waals surface area (Å²) in [7, 11) is 3.07. The average Bonchev–Trinajstić information content (AvgIpc) is 3.08. The van der Waals surface area contributed by atoms with Crippen molar-refractivity contribution in [3.8, 4) is 28.4 Å². The zero-order valence-electron chi connectivity index (χ0n) is 13.9. The van der Waals surface area contributed by atoms with Crippen molar-refractivity contribution in [3.05, 3.63) is 58.2 Å². The van der Waals surface area contributed by atoms with Crippen LogP contribution in [0, 0.1) is 0 Å². The van der Waals surface area contributed by atoms with Crippen LogP contribution in [0.4, 0.5) is 0 Å². The summed E-state index contributed by atoms with van der Waals surface area (Å²) in [5.41, 5.74) is 1.54. The van der Waals surface area contributed by atoms with E-state index in [-0.39, 0.29) is 5.69 Å². The van der Waals surface area contributed by atoms with E-state index in [1.54, 1.807) is 43.5 Å². The number of benzene rings is 2. The van der Waals surface area contributed by atoms with Crippen molar-refractivity contribution in [2.75, 3.05) is 14.2 Å². The Morgan fingerprint density at radius 2 is 1.81 bits per heavy atom. The van der Waals surface area contributed by atoms with Gasteiger partial charge in [0, 0.05) is 11.6 Å². The van der Waals surface area contributed by atoms with Crippen molar-refractivity contribution in [1.29, 1.82) is 0 Å². The van der Waals surface area contributed by atoms with Crippen molar-refractivity contribution in [3.63, 3.8) is 0 Å². The first-order valence-electron chi connectivity index (χ1n) is 7.45. The molecule has 0 aliphatic heterocycles. The lowest BCUT2D eigenvalue weighted by Crippen LogP contribution is -2.07. The van der Waals surface area contributed by atoms with Gasteiger partial charge in [-0.05, 0) is 36.4 Å². The monoisotopic (exact) mass is 392 g/mol. The highest BCUT2D eigenvalue weighted by molar-refractivity contribution is 6.42. The smallest absolute Gasteiger partial charge is 0.354 e. The molecule has 0 atom stereocenters. The Morgan fingerprint density at radius 3 is 2.42 bits per heavy atom. The van der Waals surface area contributed by atoms with Crippen molar-refractivity contribution < 1.29 is 19.4 Å². The van der Waals surface area contributed by atoms with E-state index in [0.29, 0.717) is 38.5 Å². The molecule has 0 amide bonds. The number of carbonyl (C=O) groups is 1. The Morgan fingerprint density at radius 1 is 1.04 bits per heavy atom. The number of methoxy groups -OCH3 is 2. The second-order valence-corrected chi connectivity index (χ2v) is 6.11. The van der Waals surface area contributed by atoms with E-state index in [9.17, 15) is 9.90 Å². The molecule has 0 aliphatic rings. The van der Waals surface area contributed by atoms with Gasteiger partial charge in [-0.3, -0.25) is 0 Å². The van der Waals surface area contributed by atoms with Crippen LogP contribution in [0.5, 0.6) is 11.5 Å². The molecule has 0 aliphatic carbocycles. The second kappa shape index (κ2) is 7.27. The molecule has 0 fully saturated rings. The maximum absolute atomic E-state index is 11.7. The molecule has 0 saturated carbocycles. The molecule has 1 heterocycles. The number of hydrogen-bond acceptors (Lipinski definition) is 4. The molecule has 8 heteroatoms. The maximum Gasteiger partial charge on any atom is 0.354 e. The highest BCUT2D eigenvalue weighted by Crippen LogP contribution is 2.34. The standard InChI is InChI=1S/C18H14Cl2N2O4/c1-25-11-4-5-12(17(8-11)26-2)15-9-16(18(23)24)22(21-15)10-3-6-13(19)14(20)7-10/h3-9H,1-2H3,(H,23,24). The van der Waals surface area contributed by atoms with Gasteiger partial charge in [-0.2, -0.15) is 5.10 Å². The molecule has 0 saturated heterocycles. The van der Waals surface area contributed by atoms with Gasteiger partial charge in [0.15, 0.2) is 5.69 Å². The summed E-state index contributed by atoms with van der Waals surface area (Å²) in [6, 6.07) is 11.5. The van der Waals surface area contributed by atoms with Gasteiger partial charge in [-0.25, -0.2) is 9.48 Å². The molecule has 3 aromatic rings. The molecule has 0 bridgehead atoms. The van der Waals surface area contributed by atoms with E-state index in [1.165, 1.54) is 17.9 Å². The summed E-state index contributed by atoms with van der Waals surface area (Å²) in [6.07, 6.45) is 0. The van der Waals surface area contributed by atoms with Gasteiger partial charge in [0.1, 0.15) is 11.5 Å². The van der Waals surface area contributed by atoms with Crippen LogP contribution >= 0.6 is 23.2 Å². The van der Waals surface area contributed by atoms with E-state index >= 15 is 0 Å². The SMILES string of the molecule is COc1ccc(-c2cc(C(=O)O)n(-c3ccc(Cl)c(Cl)c3)n2)c(OC)c1. The van der Waals surface area contributed by atoms with Gasteiger partial charge in [0.25, 0.3) is 0 Å². The minimum Gasteiger partial charge on any atom is -0.497 e. The van der Waals surface area contributed by atoms with Crippen LogP contribution in [0.15, 0.2) is 42.5 Å². The van der Waals surface area contributed by atoms with Crippen molar-refractivity contribution in [2.24, 2.45) is 0 Å². The minimum absolute atomic E-state index is 0.0174. The fourth-order valence-corrected chi connectivity index (χ4v) is 2.78. The van der Waals surface area contributed by atoms with Crippen molar-refractivity contribution in [1.82, 2.24) is 9.78 Å². The molecule has 0 spiro atoms. The minimum atomic E-state index is -1.12.